The van der Waals surface area contributed by atoms with Crippen molar-refractivity contribution >= 4 is 23.6 Å². The maximum atomic E-state index is 12.9. The fourth-order valence-corrected chi connectivity index (χ4v) is 3.96. The number of hydrogen-bond acceptors (Lipinski definition) is 3. The fraction of sp³-hybridized carbons (Fsp3) is 0.375. The van der Waals surface area contributed by atoms with Crippen LogP contribution in [0, 0.1) is 11.3 Å². The van der Waals surface area contributed by atoms with E-state index in [1.54, 1.807) is 24.3 Å². The quantitative estimate of drug-likeness (QED) is 0.467. The number of anilines is 1. The number of halogens is 3. The zero-order chi connectivity index (χ0) is 25.1. The summed E-state index contributed by atoms with van der Waals surface area (Å²) in [5, 5.41) is 16.1. The van der Waals surface area contributed by atoms with Crippen molar-refractivity contribution < 1.29 is 22.8 Å². The van der Waals surface area contributed by atoms with E-state index >= 15 is 0 Å². The number of carbonyl (C=O) groups excluding carboxylic acids is 2. The number of rotatable bonds is 7. The number of nitrogens with one attached hydrogen (secondary N) is 4. The molecule has 2 aromatic rings. The van der Waals surface area contributed by atoms with Crippen molar-refractivity contribution in [1.29, 1.82) is 5.41 Å². The number of hydrogen-bond donors (Lipinski definition) is 4. The van der Waals surface area contributed by atoms with Gasteiger partial charge in [-0.15, -0.1) is 0 Å². The second-order valence-electron chi connectivity index (χ2n) is 9.00. The lowest BCUT2D eigenvalue weighted by atomic mass is 9.91. The number of alkyl halides is 3. The summed E-state index contributed by atoms with van der Waals surface area (Å²) in [6.07, 6.45) is -3.87. The van der Waals surface area contributed by atoms with Crippen LogP contribution < -0.4 is 16.0 Å². The van der Waals surface area contributed by atoms with Crippen molar-refractivity contribution in [2.75, 3.05) is 5.32 Å². The number of amides is 3. The molecule has 10 heteroatoms. The number of guanidine groups is 1. The second-order valence-corrected chi connectivity index (χ2v) is 9.00. The van der Waals surface area contributed by atoms with Crippen LogP contribution in [0.15, 0.2) is 48.5 Å². The molecule has 2 aromatic carbocycles. The van der Waals surface area contributed by atoms with Crippen LogP contribution in [0.4, 0.5) is 23.7 Å². The van der Waals surface area contributed by atoms with E-state index in [2.05, 4.69) is 16.0 Å². The highest BCUT2D eigenvalue weighted by Gasteiger charge is 2.45. The molecule has 0 saturated carbocycles. The maximum Gasteiger partial charge on any atom is 0.416 e. The Hall–Kier alpha value is -3.56. The molecule has 3 rings (SSSR count). The minimum atomic E-state index is -4.49. The number of carbonyl (C=O) groups is 2. The molecule has 1 heterocycles. The average molecular weight is 476 g/mol. The summed E-state index contributed by atoms with van der Waals surface area (Å²) in [5.74, 6) is 0.236. The van der Waals surface area contributed by atoms with Gasteiger partial charge in [0, 0.05) is 12.2 Å². The molecular weight excluding hydrogens is 447 g/mol. The molecule has 0 aliphatic carbocycles. The van der Waals surface area contributed by atoms with Crippen LogP contribution in [-0.2, 0) is 24.1 Å². The van der Waals surface area contributed by atoms with Crippen molar-refractivity contribution in [3.05, 3.63) is 65.2 Å². The molecule has 0 aromatic heterocycles. The smallest absolute Gasteiger partial charge is 0.342 e. The lowest BCUT2D eigenvalue weighted by Gasteiger charge is -2.24. The topological polar surface area (TPSA) is 97.3 Å². The summed E-state index contributed by atoms with van der Waals surface area (Å²) in [5.41, 5.74) is 0.00490. The molecule has 1 saturated heterocycles. The Bertz CT molecular complexity index is 1070. The molecule has 7 nitrogen and oxygen atoms in total. The number of urea groups is 1. The van der Waals surface area contributed by atoms with Gasteiger partial charge in [-0.3, -0.25) is 15.1 Å². The molecule has 0 bridgehead atoms. The summed E-state index contributed by atoms with van der Waals surface area (Å²) in [6, 6.07) is 11.0. The van der Waals surface area contributed by atoms with Crippen molar-refractivity contribution in [2.24, 2.45) is 5.92 Å². The minimum absolute atomic E-state index is 0.0403. The molecule has 0 radical (unpaired) electrons. The Morgan fingerprint density at radius 1 is 1.15 bits per heavy atom. The van der Waals surface area contributed by atoms with Crippen LogP contribution in [0.3, 0.4) is 0 Å². The third-order valence-corrected chi connectivity index (χ3v) is 5.46. The second kappa shape index (κ2) is 9.74. The molecular formula is C24H28F3N5O2. The highest BCUT2D eigenvalue weighted by molar-refractivity contribution is 6.07. The predicted octanol–water partition coefficient (Wildman–Crippen LogP) is 4.70. The first-order chi connectivity index (χ1) is 15.9. The van der Waals surface area contributed by atoms with Crippen LogP contribution in [0.2, 0.25) is 0 Å². The normalized spacial score (nSPS) is 18.3. The van der Waals surface area contributed by atoms with Crippen LogP contribution in [0.25, 0.3) is 0 Å². The van der Waals surface area contributed by atoms with Crippen molar-refractivity contribution in [1.82, 2.24) is 15.5 Å². The summed E-state index contributed by atoms with van der Waals surface area (Å²) in [6.45, 7) is 6.28. The first-order valence-electron chi connectivity index (χ1n) is 10.9. The largest absolute Gasteiger partial charge is 0.416 e. The van der Waals surface area contributed by atoms with E-state index in [1.165, 1.54) is 17.0 Å². The van der Waals surface area contributed by atoms with E-state index in [0.717, 1.165) is 23.3 Å². The maximum absolute atomic E-state index is 12.9. The monoisotopic (exact) mass is 475 g/mol. The highest BCUT2D eigenvalue weighted by Crippen LogP contribution is 2.30. The Morgan fingerprint density at radius 3 is 2.41 bits per heavy atom. The minimum Gasteiger partial charge on any atom is -0.342 e. The summed E-state index contributed by atoms with van der Waals surface area (Å²) >= 11 is 0. The molecule has 4 N–H and O–H groups in total. The van der Waals surface area contributed by atoms with Crippen molar-refractivity contribution in [3.8, 4) is 0 Å². The van der Waals surface area contributed by atoms with E-state index in [9.17, 15) is 22.8 Å². The van der Waals surface area contributed by atoms with Gasteiger partial charge >= 0.3 is 12.2 Å². The van der Waals surface area contributed by atoms with Gasteiger partial charge in [0.2, 0.25) is 0 Å². The molecule has 182 valence electrons. The predicted molar refractivity (Wildman–Crippen MR) is 123 cm³/mol. The lowest BCUT2D eigenvalue weighted by Crippen LogP contribution is -2.44. The van der Waals surface area contributed by atoms with Crippen LogP contribution in [0.5, 0.6) is 0 Å². The van der Waals surface area contributed by atoms with Crippen LogP contribution in [-0.4, -0.2) is 28.3 Å². The van der Waals surface area contributed by atoms with E-state index in [-0.39, 0.29) is 30.6 Å². The first kappa shape index (κ1) is 25.1. The van der Waals surface area contributed by atoms with Gasteiger partial charge in [-0.25, -0.2) is 4.79 Å². The molecule has 1 aliphatic rings. The third kappa shape index (κ3) is 6.06. The molecule has 1 fully saturated rings. The molecule has 0 spiro atoms. The summed E-state index contributed by atoms with van der Waals surface area (Å²) in [7, 11) is 0. The van der Waals surface area contributed by atoms with E-state index in [4.69, 9.17) is 5.41 Å². The van der Waals surface area contributed by atoms with Gasteiger partial charge in [-0.05, 0) is 48.6 Å². The Morgan fingerprint density at radius 2 is 1.79 bits per heavy atom. The molecule has 1 unspecified atom stereocenters. The Balaban J connectivity index is 1.54. The van der Waals surface area contributed by atoms with E-state index < -0.39 is 23.3 Å². The molecule has 3 amide bonds. The van der Waals surface area contributed by atoms with Gasteiger partial charge in [-0.1, -0.05) is 44.2 Å². The van der Waals surface area contributed by atoms with Gasteiger partial charge in [0.25, 0.3) is 5.91 Å². The van der Waals surface area contributed by atoms with Crippen LogP contribution >= 0.6 is 0 Å². The zero-order valence-corrected chi connectivity index (χ0v) is 19.2. The van der Waals surface area contributed by atoms with Gasteiger partial charge < -0.3 is 16.0 Å². The standard InChI is InChI=1S/C24H28F3N5O2/c1-15(2)12-23(3)20(33)32(21(28)31-23)14-17-9-7-16(8-10-17)13-29-22(34)30-19-6-4-5-18(11-19)24(25,26)27/h4-11,15H,12-14H2,1-3H3,(H2,28,31)(H2,29,30,34). The fourth-order valence-electron chi connectivity index (χ4n) is 3.96. The number of nitrogens with zero attached hydrogens (tertiary/aromatic N) is 1. The molecule has 1 atom stereocenters. The molecule has 34 heavy (non-hydrogen) atoms. The highest BCUT2D eigenvalue weighted by atomic mass is 19.4. The third-order valence-electron chi connectivity index (χ3n) is 5.46. The van der Waals surface area contributed by atoms with Gasteiger partial charge in [-0.2, -0.15) is 13.2 Å². The summed E-state index contributed by atoms with van der Waals surface area (Å²) < 4.78 is 38.4. The van der Waals surface area contributed by atoms with E-state index in [0.29, 0.717) is 12.3 Å². The lowest BCUT2D eigenvalue weighted by molar-refractivity contribution is -0.137. The van der Waals surface area contributed by atoms with Crippen molar-refractivity contribution in [3.63, 3.8) is 0 Å². The number of benzene rings is 2. The SMILES string of the molecule is CC(C)CC1(C)NC(=N)N(Cc2ccc(CNC(=O)Nc3cccc(C(F)(F)F)c3)cc2)C1=O. The van der Waals surface area contributed by atoms with Gasteiger partial charge in [0.05, 0.1) is 12.1 Å². The first-order valence-corrected chi connectivity index (χ1v) is 10.9. The zero-order valence-electron chi connectivity index (χ0n) is 19.2. The van der Waals surface area contributed by atoms with Crippen molar-refractivity contribution in [2.45, 2.75) is 52.0 Å². The van der Waals surface area contributed by atoms with Gasteiger partial charge in [0.1, 0.15) is 5.54 Å². The van der Waals surface area contributed by atoms with Crippen LogP contribution in [0.1, 0.15) is 43.9 Å². The summed E-state index contributed by atoms with van der Waals surface area (Å²) in [4.78, 5) is 26.3. The van der Waals surface area contributed by atoms with Gasteiger partial charge in [0.15, 0.2) is 5.96 Å². The average Bonchev–Trinajstić information content (AvgIpc) is 2.95. The van der Waals surface area contributed by atoms with E-state index in [1.807, 2.05) is 20.8 Å². The molecule has 1 aliphatic heterocycles. The Labute approximate surface area is 196 Å². The Kier molecular flexibility index (Phi) is 7.18.